The van der Waals surface area contributed by atoms with E-state index in [-0.39, 0.29) is 0 Å². The summed E-state index contributed by atoms with van der Waals surface area (Å²) in [5.74, 6) is 0. The average molecular weight is 196 g/mol. The van der Waals surface area contributed by atoms with Gasteiger partial charge in [0.05, 0.1) is 11.2 Å². The number of hydrogen-bond acceptors (Lipinski definition) is 3. The van der Waals surface area contributed by atoms with Crippen LogP contribution in [0.5, 0.6) is 0 Å². The number of piperidine rings is 1. The summed E-state index contributed by atoms with van der Waals surface area (Å²) in [7, 11) is 0. The van der Waals surface area contributed by atoms with Crippen LogP contribution in [0, 0.1) is 6.92 Å². The van der Waals surface area contributed by atoms with Gasteiger partial charge < -0.3 is 5.32 Å². The Morgan fingerprint density at radius 1 is 1.62 bits per heavy atom. The number of thiazole rings is 1. The summed E-state index contributed by atoms with van der Waals surface area (Å²) in [6.45, 7) is 3.35. The zero-order valence-corrected chi connectivity index (χ0v) is 8.86. The molecule has 0 spiro atoms. The van der Waals surface area contributed by atoms with Crippen LogP contribution >= 0.6 is 11.3 Å². The van der Waals surface area contributed by atoms with E-state index in [1.54, 1.807) is 11.3 Å². The minimum absolute atomic E-state index is 0.676. The van der Waals surface area contributed by atoms with Crippen molar-refractivity contribution in [2.75, 3.05) is 6.54 Å². The van der Waals surface area contributed by atoms with Gasteiger partial charge in [-0.2, -0.15) is 0 Å². The predicted octanol–water partition coefficient (Wildman–Crippen LogP) is 2.14. The normalized spacial score (nSPS) is 23.3. The molecule has 13 heavy (non-hydrogen) atoms. The highest BCUT2D eigenvalue weighted by Gasteiger charge is 2.14. The second kappa shape index (κ2) is 4.20. The molecular formula is C10H16N2S. The SMILES string of the molecule is Cc1scnc1CC1CCCCN1. The highest BCUT2D eigenvalue weighted by atomic mass is 32.1. The van der Waals surface area contributed by atoms with Crippen molar-refractivity contribution in [1.29, 1.82) is 0 Å². The lowest BCUT2D eigenvalue weighted by atomic mass is 10.0. The van der Waals surface area contributed by atoms with Crippen molar-refractivity contribution in [1.82, 2.24) is 10.3 Å². The molecule has 1 fully saturated rings. The van der Waals surface area contributed by atoms with E-state index in [4.69, 9.17) is 0 Å². The van der Waals surface area contributed by atoms with Crippen LogP contribution in [0.25, 0.3) is 0 Å². The summed E-state index contributed by atoms with van der Waals surface area (Å²) in [5, 5.41) is 3.55. The minimum Gasteiger partial charge on any atom is -0.314 e. The van der Waals surface area contributed by atoms with E-state index in [2.05, 4.69) is 17.2 Å². The molecule has 0 radical (unpaired) electrons. The number of nitrogens with one attached hydrogen (secondary N) is 1. The molecule has 2 rings (SSSR count). The molecule has 1 aliphatic heterocycles. The molecule has 1 atom stereocenters. The Balaban J connectivity index is 1.93. The Kier molecular flexibility index (Phi) is 2.96. The molecule has 2 heterocycles. The topological polar surface area (TPSA) is 24.9 Å². The van der Waals surface area contributed by atoms with Gasteiger partial charge in [-0.05, 0) is 26.3 Å². The highest BCUT2D eigenvalue weighted by molar-refractivity contribution is 7.09. The lowest BCUT2D eigenvalue weighted by Crippen LogP contribution is -2.35. The Labute approximate surface area is 83.4 Å². The molecule has 0 aromatic carbocycles. The fraction of sp³-hybridized carbons (Fsp3) is 0.700. The molecule has 72 valence electrons. The number of rotatable bonds is 2. The van der Waals surface area contributed by atoms with Gasteiger partial charge in [0, 0.05) is 17.3 Å². The molecule has 0 bridgehead atoms. The number of aromatic nitrogens is 1. The summed E-state index contributed by atoms with van der Waals surface area (Å²) in [6, 6.07) is 0.676. The van der Waals surface area contributed by atoms with Crippen molar-refractivity contribution in [3.05, 3.63) is 16.1 Å². The average Bonchev–Trinajstić information content (AvgIpc) is 2.54. The first kappa shape index (κ1) is 9.16. The Morgan fingerprint density at radius 3 is 3.15 bits per heavy atom. The molecule has 1 aromatic heterocycles. The van der Waals surface area contributed by atoms with Gasteiger partial charge in [0.25, 0.3) is 0 Å². The lowest BCUT2D eigenvalue weighted by molar-refractivity contribution is 0.397. The van der Waals surface area contributed by atoms with Crippen LogP contribution in [0.2, 0.25) is 0 Å². The van der Waals surface area contributed by atoms with Crippen molar-refractivity contribution in [3.63, 3.8) is 0 Å². The predicted molar refractivity (Wildman–Crippen MR) is 56.2 cm³/mol. The van der Waals surface area contributed by atoms with Crippen molar-refractivity contribution in [2.45, 2.75) is 38.6 Å². The smallest absolute Gasteiger partial charge is 0.0797 e. The van der Waals surface area contributed by atoms with Gasteiger partial charge in [0.15, 0.2) is 0 Å². The fourth-order valence-electron chi connectivity index (χ4n) is 1.86. The third-order valence-corrected chi connectivity index (χ3v) is 3.50. The maximum absolute atomic E-state index is 4.39. The van der Waals surface area contributed by atoms with Crippen LogP contribution in [-0.2, 0) is 6.42 Å². The first-order chi connectivity index (χ1) is 6.36. The van der Waals surface area contributed by atoms with Gasteiger partial charge in [-0.25, -0.2) is 4.98 Å². The van der Waals surface area contributed by atoms with Gasteiger partial charge in [0.2, 0.25) is 0 Å². The Bertz CT molecular complexity index is 264. The van der Waals surface area contributed by atoms with E-state index >= 15 is 0 Å². The van der Waals surface area contributed by atoms with Crippen LogP contribution in [-0.4, -0.2) is 17.6 Å². The zero-order chi connectivity index (χ0) is 9.10. The van der Waals surface area contributed by atoms with E-state index < -0.39 is 0 Å². The van der Waals surface area contributed by atoms with Crippen LogP contribution in [0.4, 0.5) is 0 Å². The van der Waals surface area contributed by atoms with Gasteiger partial charge in [-0.15, -0.1) is 11.3 Å². The third-order valence-electron chi connectivity index (χ3n) is 2.70. The summed E-state index contributed by atoms with van der Waals surface area (Å²) in [6.07, 6.45) is 5.15. The van der Waals surface area contributed by atoms with E-state index in [1.807, 2.05) is 5.51 Å². The summed E-state index contributed by atoms with van der Waals surface area (Å²) >= 11 is 1.75. The highest BCUT2D eigenvalue weighted by Crippen LogP contribution is 2.16. The zero-order valence-electron chi connectivity index (χ0n) is 8.05. The molecule has 3 heteroatoms. The van der Waals surface area contributed by atoms with E-state index in [0.29, 0.717) is 6.04 Å². The molecule has 2 nitrogen and oxygen atoms in total. The van der Waals surface area contributed by atoms with Gasteiger partial charge in [-0.1, -0.05) is 6.42 Å². The number of aryl methyl sites for hydroxylation is 1. The van der Waals surface area contributed by atoms with Crippen LogP contribution in [0.15, 0.2) is 5.51 Å². The molecule has 1 saturated heterocycles. The first-order valence-electron chi connectivity index (χ1n) is 4.98. The lowest BCUT2D eigenvalue weighted by Gasteiger charge is -2.22. The molecule has 0 saturated carbocycles. The second-order valence-electron chi connectivity index (χ2n) is 3.71. The van der Waals surface area contributed by atoms with Gasteiger partial charge >= 0.3 is 0 Å². The van der Waals surface area contributed by atoms with E-state index in [9.17, 15) is 0 Å². The molecule has 1 N–H and O–H groups in total. The van der Waals surface area contributed by atoms with Gasteiger partial charge in [-0.3, -0.25) is 0 Å². The van der Waals surface area contributed by atoms with Crippen molar-refractivity contribution >= 4 is 11.3 Å². The third kappa shape index (κ3) is 2.29. The summed E-state index contributed by atoms with van der Waals surface area (Å²) in [4.78, 5) is 5.77. The largest absolute Gasteiger partial charge is 0.314 e. The number of hydrogen-bond donors (Lipinski definition) is 1. The molecule has 1 aliphatic rings. The summed E-state index contributed by atoms with van der Waals surface area (Å²) < 4.78 is 0. The molecule has 1 aromatic rings. The first-order valence-corrected chi connectivity index (χ1v) is 5.86. The Morgan fingerprint density at radius 2 is 2.54 bits per heavy atom. The monoisotopic (exact) mass is 196 g/mol. The van der Waals surface area contributed by atoms with Crippen LogP contribution < -0.4 is 5.32 Å². The van der Waals surface area contributed by atoms with Crippen molar-refractivity contribution in [3.8, 4) is 0 Å². The molecular weight excluding hydrogens is 180 g/mol. The molecule has 0 aliphatic carbocycles. The second-order valence-corrected chi connectivity index (χ2v) is 4.77. The van der Waals surface area contributed by atoms with Crippen molar-refractivity contribution < 1.29 is 0 Å². The number of nitrogens with zero attached hydrogens (tertiary/aromatic N) is 1. The maximum Gasteiger partial charge on any atom is 0.0797 e. The fourth-order valence-corrected chi connectivity index (χ4v) is 2.47. The van der Waals surface area contributed by atoms with Crippen LogP contribution in [0.3, 0.4) is 0 Å². The van der Waals surface area contributed by atoms with E-state index in [0.717, 1.165) is 6.42 Å². The van der Waals surface area contributed by atoms with Gasteiger partial charge in [0.1, 0.15) is 0 Å². The van der Waals surface area contributed by atoms with E-state index in [1.165, 1.54) is 36.4 Å². The maximum atomic E-state index is 4.39. The quantitative estimate of drug-likeness (QED) is 0.784. The van der Waals surface area contributed by atoms with Crippen molar-refractivity contribution in [2.24, 2.45) is 0 Å². The summed E-state index contributed by atoms with van der Waals surface area (Å²) in [5.41, 5.74) is 3.25. The molecule has 1 unspecified atom stereocenters. The standard InChI is InChI=1S/C10H16N2S/c1-8-10(12-7-13-8)6-9-4-2-3-5-11-9/h7,9,11H,2-6H2,1H3. The minimum atomic E-state index is 0.676. The van der Waals surface area contributed by atoms with Crippen LogP contribution in [0.1, 0.15) is 29.8 Å². The molecule has 0 amide bonds. The Hall–Kier alpha value is -0.410.